The van der Waals surface area contributed by atoms with Gasteiger partial charge in [-0.3, -0.25) is 4.57 Å². The quantitative estimate of drug-likeness (QED) is 0.496. The summed E-state index contributed by atoms with van der Waals surface area (Å²) in [6, 6.07) is 14.7. The minimum atomic E-state index is -4.56. The molecule has 3 unspecified atom stereocenters. The van der Waals surface area contributed by atoms with Crippen molar-refractivity contribution in [3.05, 3.63) is 66.0 Å². The predicted molar refractivity (Wildman–Crippen MR) is 122 cm³/mol. The minimum Gasteiger partial charge on any atom is -0.497 e. The maximum Gasteiger partial charge on any atom is 0.406 e. The summed E-state index contributed by atoms with van der Waals surface area (Å²) >= 11 is 0. The van der Waals surface area contributed by atoms with Crippen LogP contribution in [0.2, 0.25) is 0 Å². The van der Waals surface area contributed by atoms with Crippen LogP contribution in [0.5, 0.6) is 5.75 Å². The zero-order valence-electron chi connectivity index (χ0n) is 19.8. The fourth-order valence-electron chi connectivity index (χ4n) is 4.23. The molecule has 0 amide bonds. The second-order valence-corrected chi connectivity index (χ2v) is 8.71. The van der Waals surface area contributed by atoms with Gasteiger partial charge in [0, 0.05) is 11.5 Å². The average Bonchev–Trinajstić information content (AvgIpc) is 3.26. The van der Waals surface area contributed by atoms with E-state index >= 15 is 0 Å². The number of aliphatic hydroxyl groups is 1. The summed E-state index contributed by atoms with van der Waals surface area (Å²) in [6.45, 7) is 2.13. The van der Waals surface area contributed by atoms with Crippen molar-refractivity contribution in [2.24, 2.45) is 11.8 Å². The van der Waals surface area contributed by atoms with Crippen molar-refractivity contribution in [2.75, 3.05) is 7.11 Å². The molecule has 8 nitrogen and oxygen atoms in total. The lowest BCUT2D eigenvalue weighted by Gasteiger charge is -2.41. The molecule has 1 aliphatic heterocycles. The number of aliphatic hydroxyl groups excluding tert-OH is 1. The van der Waals surface area contributed by atoms with Gasteiger partial charge >= 0.3 is 12.1 Å². The van der Waals surface area contributed by atoms with Crippen molar-refractivity contribution in [2.45, 2.75) is 45.1 Å². The third-order valence-electron chi connectivity index (χ3n) is 6.36. The van der Waals surface area contributed by atoms with Gasteiger partial charge in [-0.05, 0) is 42.3 Å². The molecule has 1 saturated heterocycles. The van der Waals surface area contributed by atoms with Gasteiger partial charge in [-0.15, -0.1) is 10.2 Å². The third kappa shape index (κ3) is 5.36. The third-order valence-corrected chi connectivity index (χ3v) is 6.36. The number of halogens is 3. The lowest BCUT2D eigenvalue weighted by atomic mass is 9.83. The van der Waals surface area contributed by atoms with E-state index in [0.717, 1.165) is 4.57 Å². The number of carbonyl (C=O) groups excluding carboxylic acids is 1. The summed E-state index contributed by atoms with van der Waals surface area (Å²) in [4.78, 5) is 12.5. The van der Waals surface area contributed by atoms with Gasteiger partial charge in [0.1, 0.15) is 18.4 Å². The fraction of sp³-hybridized carbons (Fsp3) is 0.400. The molecule has 1 aliphatic rings. The van der Waals surface area contributed by atoms with Crippen LogP contribution in [0, 0.1) is 11.8 Å². The number of hydrogen-bond acceptors (Lipinski definition) is 7. The number of ether oxygens (including phenoxy) is 3. The number of esters is 1. The van der Waals surface area contributed by atoms with E-state index in [4.69, 9.17) is 14.2 Å². The number of hydrogen-bond donors (Lipinski definition) is 1. The first-order valence-corrected chi connectivity index (χ1v) is 11.3. The van der Waals surface area contributed by atoms with Gasteiger partial charge in [0.25, 0.3) is 0 Å². The van der Waals surface area contributed by atoms with Crippen LogP contribution in [0.15, 0.2) is 54.6 Å². The van der Waals surface area contributed by atoms with Crippen LogP contribution < -0.4 is 4.74 Å². The van der Waals surface area contributed by atoms with Crippen molar-refractivity contribution in [1.29, 1.82) is 0 Å². The Hall–Kier alpha value is -3.44. The van der Waals surface area contributed by atoms with Crippen molar-refractivity contribution >= 4 is 5.97 Å². The van der Waals surface area contributed by atoms with E-state index in [-0.39, 0.29) is 11.6 Å². The van der Waals surface area contributed by atoms with Crippen molar-refractivity contribution in [3.63, 3.8) is 0 Å². The van der Waals surface area contributed by atoms with Gasteiger partial charge < -0.3 is 19.3 Å². The van der Waals surface area contributed by atoms with E-state index in [1.807, 2.05) is 0 Å². The van der Waals surface area contributed by atoms with E-state index in [1.165, 1.54) is 7.11 Å². The highest BCUT2D eigenvalue weighted by Gasteiger charge is 2.46. The number of benzene rings is 2. The number of carbonyl (C=O) groups is 1. The molecule has 192 valence electrons. The summed E-state index contributed by atoms with van der Waals surface area (Å²) in [6.07, 6.45) is -8.18. The Morgan fingerprint density at radius 2 is 1.72 bits per heavy atom. The maximum absolute atomic E-state index is 13.6. The second kappa shape index (κ2) is 10.3. The highest BCUT2D eigenvalue weighted by molar-refractivity contribution is 5.89. The summed E-state index contributed by atoms with van der Waals surface area (Å²) in [5.74, 6) is -1.11. The summed E-state index contributed by atoms with van der Waals surface area (Å²) in [5, 5.41) is 18.7. The van der Waals surface area contributed by atoms with Crippen molar-refractivity contribution in [3.8, 4) is 17.1 Å². The fourth-order valence-corrected chi connectivity index (χ4v) is 4.23. The topological polar surface area (TPSA) is 95.7 Å². The summed E-state index contributed by atoms with van der Waals surface area (Å²) in [7, 11) is 1.48. The van der Waals surface area contributed by atoms with Gasteiger partial charge in [-0.25, -0.2) is 4.79 Å². The van der Waals surface area contributed by atoms with Crippen LogP contribution in [0.4, 0.5) is 13.2 Å². The number of alkyl halides is 3. The molecule has 0 saturated carbocycles. The number of rotatable bonds is 6. The van der Waals surface area contributed by atoms with Crippen LogP contribution in [0.1, 0.15) is 36.1 Å². The molecule has 1 aromatic heterocycles. The first-order chi connectivity index (χ1) is 17.1. The molecule has 2 aromatic carbocycles. The van der Waals surface area contributed by atoms with Gasteiger partial charge in [0.05, 0.1) is 12.7 Å². The Bertz CT molecular complexity index is 1180. The zero-order chi connectivity index (χ0) is 26.0. The largest absolute Gasteiger partial charge is 0.497 e. The Labute approximate surface area is 205 Å². The minimum absolute atomic E-state index is 0.000509. The highest BCUT2D eigenvalue weighted by Crippen LogP contribution is 2.41. The maximum atomic E-state index is 13.6. The first kappa shape index (κ1) is 25.6. The van der Waals surface area contributed by atoms with Crippen LogP contribution in [0.25, 0.3) is 11.4 Å². The Balaban J connectivity index is 1.62. The lowest BCUT2D eigenvalue weighted by molar-refractivity contribution is -0.254. The summed E-state index contributed by atoms with van der Waals surface area (Å²) in [5.41, 5.74) is 0.714. The van der Waals surface area contributed by atoms with Gasteiger partial charge in [0.15, 0.2) is 24.0 Å². The van der Waals surface area contributed by atoms with E-state index in [9.17, 15) is 23.1 Å². The van der Waals surface area contributed by atoms with Gasteiger partial charge in [-0.1, -0.05) is 32.0 Å². The normalized spacial score (nSPS) is 24.4. The molecule has 0 bridgehead atoms. The van der Waals surface area contributed by atoms with Gasteiger partial charge in [-0.2, -0.15) is 13.2 Å². The van der Waals surface area contributed by atoms with Crippen molar-refractivity contribution in [1.82, 2.24) is 14.8 Å². The molecule has 5 atom stereocenters. The van der Waals surface area contributed by atoms with Crippen LogP contribution in [-0.4, -0.2) is 51.5 Å². The lowest BCUT2D eigenvalue weighted by Crippen LogP contribution is -2.48. The molecule has 3 aromatic rings. The molecular formula is C25H26F3N3O5. The van der Waals surface area contributed by atoms with Crippen LogP contribution in [0.3, 0.4) is 0 Å². The smallest absolute Gasteiger partial charge is 0.406 e. The van der Waals surface area contributed by atoms with E-state index in [2.05, 4.69) is 10.2 Å². The molecule has 0 spiro atoms. The number of aromatic nitrogens is 3. The molecule has 1 N–H and O–H groups in total. The molecule has 0 radical (unpaired) electrons. The number of methoxy groups -OCH3 is 1. The molecular weight excluding hydrogens is 479 g/mol. The Kier molecular flexibility index (Phi) is 7.32. The molecule has 11 heteroatoms. The van der Waals surface area contributed by atoms with E-state index < -0.39 is 49.0 Å². The summed E-state index contributed by atoms with van der Waals surface area (Å²) < 4.78 is 57.9. The second-order valence-electron chi connectivity index (χ2n) is 8.71. The van der Waals surface area contributed by atoms with Crippen LogP contribution in [-0.2, 0) is 16.0 Å². The molecule has 36 heavy (non-hydrogen) atoms. The molecule has 2 heterocycles. The average molecular weight is 505 g/mol. The van der Waals surface area contributed by atoms with E-state index in [1.54, 1.807) is 68.4 Å². The SMILES string of the molecule is COc1ccc(-c2nnc(C3OC(O)C(OC(=O)c4ccccc4)[C@@H](C)[C@@H]3C)n2CC(F)(F)F)cc1. The molecule has 0 aliphatic carbocycles. The standard InChI is InChI=1S/C25H26F3N3O5/c1-14-15(2)20(36-23(32)17-7-5-4-6-8-17)24(33)35-19(14)22-30-29-21(31(22)13-25(26,27)28)16-9-11-18(34-3)12-10-16/h4-12,14-15,19-20,24,33H,13H2,1-3H3/t14-,15-,19?,20?,24?/m0/s1. The Morgan fingerprint density at radius 3 is 2.33 bits per heavy atom. The van der Waals surface area contributed by atoms with E-state index in [0.29, 0.717) is 16.9 Å². The van der Waals surface area contributed by atoms with Gasteiger partial charge in [0.2, 0.25) is 0 Å². The van der Waals surface area contributed by atoms with Crippen molar-refractivity contribution < 1.29 is 37.3 Å². The highest BCUT2D eigenvalue weighted by atomic mass is 19.4. The zero-order valence-corrected chi connectivity index (χ0v) is 19.8. The van der Waals surface area contributed by atoms with Crippen LogP contribution >= 0.6 is 0 Å². The number of nitrogens with zero attached hydrogens (tertiary/aromatic N) is 3. The first-order valence-electron chi connectivity index (χ1n) is 11.3. The predicted octanol–water partition coefficient (Wildman–Crippen LogP) is 4.40. The monoisotopic (exact) mass is 505 g/mol. The molecule has 4 rings (SSSR count). The Morgan fingerprint density at radius 1 is 1.06 bits per heavy atom. The molecule has 1 fully saturated rings.